The molecule has 5 nitrogen and oxygen atoms in total. The van der Waals surface area contributed by atoms with Gasteiger partial charge in [-0.2, -0.15) is 0 Å². The third kappa shape index (κ3) is 3.80. The maximum atomic E-state index is 12.4. The van der Waals surface area contributed by atoms with Gasteiger partial charge >= 0.3 is 0 Å². The number of hydrogen-bond donors (Lipinski definition) is 2. The molecule has 1 fully saturated rings. The molecule has 3 aromatic rings. The number of aliphatic imine (C=N–C) groups is 1. The minimum absolute atomic E-state index is 0.196. The van der Waals surface area contributed by atoms with E-state index in [9.17, 15) is 9.90 Å². The molecule has 0 aliphatic carbocycles. The second kappa shape index (κ2) is 7.75. The number of carbonyl (C=O) groups excluding carboxylic acids is 1. The number of phenols is 1. The Hall–Kier alpha value is -2.67. The maximum Gasteiger partial charge on any atom is 0.264 e. The monoisotopic (exact) mass is 429 g/mol. The Balaban J connectivity index is 1.63. The molecule has 0 saturated carbocycles. The highest BCUT2D eigenvalue weighted by Gasteiger charge is 2.24. The molecule has 4 rings (SSSR count). The SMILES string of the molecule is O=C1NC(=Nc2cccc(Cl)c2Cl)SC1=Cc1cccn1-c1ccc(O)cc1. The van der Waals surface area contributed by atoms with E-state index >= 15 is 0 Å². The van der Waals surface area contributed by atoms with Crippen molar-refractivity contribution in [2.24, 2.45) is 4.99 Å². The smallest absolute Gasteiger partial charge is 0.264 e. The number of benzene rings is 2. The Morgan fingerprint density at radius 3 is 2.64 bits per heavy atom. The predicted molar refractivity (Wildman–Crippen MR) is 115 cm³/mol. The number of hydrogen-bond acceptors (Lipinski definition) is 4. The summed E-state index contributed by atoms with van der Waals surface area (Å²) in [6.45, 7) is 0. The second-order valence-electron chi connectivity index (χ2n) is 5.87. The lowest BCUT2D eigenvalue weighted by Crippen LogP contribution is -2.19. The average molecular weight is 430 g/mol. The highest BCUT2D eigenvalue weighted by molar-refractivity contribution is 8.18. The molecule has 2 aromatic carbocycles. The zero-order valence-electron chi connectivity index (χ0n) is 14.3. The first kappa shape index (κ1) is 18.7. The molecule has 0 atom stereocenters. The van der Waals surface area contributed by atoms with Crippen molar-refractivity contribution in [2.45, 2.75) is 0 Å². The van der Waals surface area contributed by atoms with Crippen molar-refractivity contribution in [3.8, 4) is 11.4 Å². The molecule has 2 heterocycles. The van der Waals surface area contributed by atoms with Gasteiger partial charge in [0.15, 0.2) is 5.17 Å². The topological polar surface area (TPSA) is 66.6 Å². The number of carbonyl (C=O) groups is 1. The van der Waals surface area contributed by atoms with Gasteiger partial charge in [-0.3, -0.25) is 4.79 Å². The van der Waals surface area contributed by atoms with Crippen molar-refractivity contribution in [3.63, 3.8) is 0 Å². The van der Waals surface area contributed by atoms with Gasteiger partial charge in [-0.05, 0) is 66.4 Å². The quantitative estimate of drug-likeness (QED) is 0.549. The van der Waals surface area contributed by atoms with E-state index < -0.39 is 0 Å². The third-order valence-electron chi connectivity index (χ3n) is 3.99. The van der Waals surface area contributed by atoms with Crippen molar-refractivity contribution < 1.29 is 9.90 Å². The van der Waals surface area contributed by atoms with Gasteiger partial charge in [-0.1, -0.05) is 29.3 Å². The summed E-state index contributed by atoms with van der Waals surface area (Å²) < 4.78 is 1.92. The van der Waals surface area contributed by atoms with Gasteiger partial charge in [0.2, 0.25) is 0 Å². The first-order chi connectivity index (χ1) is 13.5. The summed E-state index contributed by atoms with van der Waals surface area (Å²) in [5.41, 5.74) is 2.19. The third-order valence-corrected chi connectivity index (χ3v) is 5.71. The van der Waals surface area contributed by atoms with Crippen LogP contribution in [0, 0.1) is 0 Å². The molecule has 1 amide bonds. The van der Waals surface area contributed by atoms with Gasteiger partial charge in [-0.25, -0.2) is 4.99 Å². The molecule has 0 bridgehead atoms. The van der Waals surface area contributed by atoms with Crippen molar-refractivity contribution in [3.05, 3.63) is 81.4 Å². The number of thioether (sulfide) groups is 1. The lowest BCUT2D eigenvalue weighted by atomic mass is 10.3. The Labute approximate surface area is 175 Å². The van der Waals surface area contributed by atoms with Crippen LogP contribution in [0.25, 0.3) is 11.8 Å². The highest BCUT2D eigenvalue weighted by atomic mass is 35.5. The Bertz CT molecular complexity index is 1120. The van der Waals surface area contributed by atoms with Gasteiger partial charge in [0.25, 0.3) is 5.91 Å². The number of amides is 1. The molecule has 0 radical (unpaired) electrons. The highest BCUT2D eigenvalue weighted by Crippen LogP contribution is 2.34. The second-order valence-corrected chi connectivity index (χ2v) is 7.69. The van der Waals surface area contributed by atoms with Gasteiger partial charge in [0, 0.05) is 17.6 Å². The fourth-order valence-electron chi connectivity index (χ4n) is 2.66. The van der Waals surface area contributed by atoms with Crippen LogP contribution in [0.2, 0.25) is 10.0 Å². The van der Waals surface area contributed by atoms with Crippen molar-refractivity contribution in [2.75, 3.05) is 0 Å². The molecule has 1 aliphatic heterocycles. The lowest BCUT2D eigenvalue weighted by Gasteiger charge is -2.06. The summed E-state index contributed by atoms with van der Waals surface area (Å²) in [6, 6.07) is 15.8. The van der Waals surface area contributed by atoms with Crippen LogP contribution in [-0.2, 0) is 4.79 Å². The molecular formula is C20H13Cl2N3O2S. The van der Waals surface area contributed by atoms with Gasteiger partial charge in [0.05, 0.1) is 20.6 Å². The molecule has 1 aliphatic rings. The van der Waals surface area contributed by atoms with E-state index in [1.165, 1.54) is 11.8 Å². The van der Waals surface area contributed by atoms with Crippen LogP contribution in [0.5, 0.6) is 5.75 Å². The Morgan fingerprint density at radius 1 is 1.07 bits per heavy atom. The molecule has 2 N–H and O–H groups in total. The number of phenolic OH excluding ortho intramolecular Hbond substituents is 1. The molecule has 0 spiro atoms. The van der Waals surface area contributed by atoms with Crippen LogP contribution in [-0.4, -0.2) is 20.7 Å². The van der Waals surface area contributed by atoms with Crippen LogP contribution >= 0.6 is 35.0 Å². The summed E-state index contributed by atoms with van der Waals surface area (Å²) >= 11 is 13.4. The number of amidine groups is 1. The van der Waals surface area contributed by atoms with Crippen molar-refractivity contribution >= 4 is 57.8 Å². The molecule has 8 heteroatoms. The van der Waals surface area contributed by atoms with E-state index in [-0.39, 0.29) is 11.7 Å². The minimum Gasteiger partial charge on any atom is -0.508 e. The van der Waals surface area contributed by atoms with Crippen molar-refractivity contribution in [1.82, 2.24) is 9.88 Å². The Morgan fingerprint density at radius 2 is 1.86 bits per heavy atom. The minimum atomic E-state index is -0.236. The largest absolute Gasteiger partial charge is 0.508 e. The molecule has 1 saturated heterocycles. The van der Waals surface area contributed by atoms with Gasteiger partial charge in [0.1, 0.15) is 5.75 Å². The fourth-order valence-corrected chi connectivity index (χ4v) is 3.82. The summed E-state index contributed by atoms with van der Waals surface area (Å²) in [5, 5.41) is 13.4. The van der Waals surface area contributed by atoms with Gasteiger partial charge in [-0.15, -0.1) is 0 Å². The zero-order chi connectivity index (χ0) is 19.7. The molecule has 0 unspecified atom stereocenters. The van der Waals surface area contributed by atoms with E-state index in [0.29, 0.717) is 25.8 Å². The summed E-state index contributed by atoms with van der Waals surface area (Å²) in [4.78, 5) is 17.3. The fraction of sp³-hybridized carbons (Fsp3) is 0. The van der Waals surface area contributed by atoms with Crippen LogP contribution in [0.4, 0.5) is 5.69 Å². The molecular weight excluding hydrogens is 417 g/mol. The number of aromatic hydroxyl groups is 1. The number of nitrogens with zero attached hydrogens (tertiary/aromatic N) is 2. The number of rotatable bonds is 3. The number of halogens is 2. The van der Waals surface area contributed by atoms with E-state index in [1.54, 1.807) is 48.5 Å². The Kier molecular flexibility index (Phi) is 5.17. The lowest BCUT2D eigenvalue weighted by molar-refractivity contribution is -0.115. The summed E-state index contributed by atoms with van der Waals surface area (Å²) in [7, 11) is 0. The molecule has 1 aromatic heterocycles. The van der Waals surface area contributed by atoms with Crippen LogP contribution in [0.3, 0.4) is 0 Å². The van der Waals surface area contributed by atoms with E-state index in [2.05, 4.69) is 10.3 Å². The van der Waals surface area contributed by atoms with Crippen molar-refractivity contribution in [1.29, 1.82) is 0 Å². The summed E-state index contributed by atoms with van der Waals surface area (Å²) in [5.74, 6) is -0.0394. The van der Waals surface area contributed by atoms with E-state index in [4.69, 9.17) is 23.2 Å². The average Bonchev–Trinajstić information content (AvgIpc) is 3.27. The standard InChI is InChI=1S/C20H13Cl2N3O2S/c21-15-4-1-5-16(18(15)22)23-20-24-19(27)17(28-20)11-13-3-2-10-25(13)12-6-8-14(26)9-7-12/h1-11,26H,(H,23,24,27). The predicted octanol–water partition coefficient (Wildman–Crippen LogP) is 5.38. The number of aromatic nitrogens is 1. The first-order valence-corrected chi connectivity index (χ1v) is 9.79. The van der Waals surface area contributed by atoms with E-state index in [0.717, 1.165) is 11.4 Å². The molecule has 140 valence electrons. The zero-order valence-corrected chi connectivity index (χ0v) is 16.6. The first-order valence-electron chi connectivity index (χ1n) is 8.21. The van der Waals surface area contributed by atoms with Gasteiger partial charge < -0.3 is 15.0 Å². The summed E-state index contributed by atoms with van der Waals surface area (Å²) in [6.07, 6.45) is 3.67. The maximum absolute atomic E-state index is 12.4. The number of nitrogens with one attached hydrogen (secondary N) is 1. The van der Waals surface area contributed by atoms with Crippen LogP contribution in [0.15, 0.2) is 70.7 Å². The van der Waals surface area contributed by atoms with Crippen LogP contribution in [0.1, 0.15) is 5.69 Å². The van der Waals surface area contributed by atoms with E-state index in [1.807, 2.05) is 22.9 Å². The van der Waals surface area contributed by atoms with Crippen LogP contribution < -0.4 is 5.32 Å². The normalized spacial score (nSPS) is 16.7. The molecule has 28 heavy (non-hydrogen) atoms.